The Balaban J connectivity index is 1.19. The number of cyclic esters (lactones) is 1. The van der Waals surface area contributed by atoms with E-state index in [1.165, 1.54) is 13.1 Å². The first kappa shape index (κ1) is 61.8. The molecule has 430 valence electrons. The molecule has 1 aromatic carbocycles. The van der Waals surface area contributed by atoms with E-state index in [0.29, 0.717) is 36.3 Å². The molecule has 4 heterocycles. The molecule has 0 spiro atoms. The summed E-state index contributed by atoms with van der Waals surface area (Å²) in [5.41, 5.74) is -3.74. The van der Waals surface area contributed by atoms with Gasteiger partial charge in [0, 0.05) is 56.2 Å². The van der Waals surface area contributed by atoms with E-state index in [1.54, 1.807) is 40.9 Å². The number of methoxy groups -OCH3 is 1. The van der Waals surface area contributed by atoms with Crippen molar-refractivity contribution in [2.24, 2.45) is 23.7 Å². The zero-order chi connectivity index (χ0) is 56.2. The number of hydrogen-bond donors (Lipinski definition) is 5. The molecule has 0 bridgehead atoms. The number of nitrogens with zero attached hydrogens (tertiary/aromatic N) is 3. The molecule has 76 heavy (non-hydrogen) atoms. The standard InChI is InChI=1S/C57H91N3O16/c1-15-44-57(10,68)49(63)36(6)59(13)29-32(2)27-55(8,67)50(76-54-47(62)43(58(11)12)25-33(3)72-54)34(4)48(35(5)53(66)74-44)75-45-28-56(9,69-14)51(37(7)73-45)71-24-23-70-22-16-17-38-20-21-42-40(26-38)46(61)41(52(64)65)31-60(42)30-39-18-19-39/h16-17,20-21,26,31-37,39,43-45,47-51,54,62-63,67-68H,15,18-19,22-25,27-30H2,1-14H3,(H,64,65)/t32-,33-,34+,35-,36-,37+,43+,44-,45?,47-,48+,49+,50-,51+,54+,55-,56-,57-/m1/s1. The number of likely N-dealkylation sites (N-methyl/N-ethyl adjacent to an activating group) is 2. The number of pyridine rings is 1. The predicted octanol–water partition coefficient (Wildman–Crippen LogP) is 5.08. The number of ether oxygens (including phenoxy) is 8. The summed E-state index contributed by atoms with van der Waals surface area (Å²) in [7, 11) is 7.19. The van der Waals surface area contributed by atoms with Crippen LogP contribution in [0.15, 0.2) is 35.3 Å². The lowest BCUT2D eigenvalue weighted by Crippen LogP contribution is -2.61. The van der Waals surface area contributed by atoms with Crippen molar-refractivity contribution in [2.45, 2.75) is 205 Å². The van der Waals surface area contributed by atoms with Crippen LogP contribution in [0.25, 0.3) is 17.0 Å². The first-order valence-electron chi connectivity index (χ1n) is 27.4. The van der Waals surface area contributed by atoms with Crippen LogP contribution < -0.4 is 5.43 Å². The molecule has 6 rings (SSSR count). The number of aliphatic hydroxyl groups is 4. The third kappa shape index (κ3) is 14.5. The van der Waals surface area contributed by atoms with Crippen LogP contribution in [0.1, 0.15) is 124 Å². The Morgan fingerprint density at radius 2 is 1.66 bits per heavy atom. The molecule has 1 saturated carbocycles. The van der Waals surface area contributed by atoms with E-state index in [4.69, 9.17) is 37.9 Å². The number of benzene rings is 1. The Morgan fingerprint density at radius 1 is 0.961 bits per heavy atom. The molecule has 2 aromatic rings. The summed E-state index contributed by atoms with van der Waals surface area (Å²) in [4.78, 5) is 43.5. The van der Waals surface area contributed by atoms with Gasteiger partial charge in [0.05, 0.1) is 66.9 Å². The van der Waals surface area contributed by atoms with Crippen LogP contribution in [0.4, 0.5) is 0 Å². The minimum Gasteiger partial charge on any atom is -0.477 e. The van der Waals surface area contributed by atoms with Gasteiger partial charge < -0.3 is 77.8 Å². The van der Waals surface area contributed by atoms with Crippen molar-refractivity contribution < 1.29 is 73.0 Å². The smallest absolute Gasteiger partial charge is 0.341 e. The lowest BCUT2D eigenvalue weighted by atomic mass is 9.77. The number of carbonyl (C=O) groups is 2. The second-order valence-electron chi connectivity index (χ2n) is 23.5. The maximum atomic E-state index is 14.6. The van der Waals surface area contributed by atoms with Gasteiger partial charge in [-0.3, -0.25) is 9.59 Å². The highest BCUT2D eigenvalue weighted by Crippen LogP contribution is 2.41. The number of carboxylic acid groups (broad SMARTS) is 1. The zero-order valence-electron chi connectivity index (χ0n) is 47.5. The molecule has 4 aliphatic rings. The fraction of sp³-hybridized carbons (Fsp3) is 0.772. The summed E-state index contributed by atoms with van der Waals surface area (Å²) in [5.74, 6) is -3.50. The number of rotatable bonds is 17. The molecule has 1 aliphatic carbocycles. The topological polar surface area (TPSA) is 238 Å². The Morgan fingerprint density at radius 3 is 2.29 bits per heavy atom. The number of aromatic nitrogens is 1. The van der Waals surface area contributed by atoms with Crippen LogP contribution in [0.5, 0.6) is 0 Å². The fourth-order valence-electron chi connectivity index (χ4n) is 12.0. The van der Waals surface area contributed by atoms with Gasteiger partial charge in [-0.2, -0.15) is 0 Å². The molecular formula is C57H91N3O16. The SMILES string of the molecule is CC[C@H]1OC(=O)[C@H](C)[C@@H](OC2C[C@@](C)(OC)[C@@H](OCCOCC=Cc3ccc4c(c3)c(=O)c(C(=O)O)cn4CC3CC3)[C@H](C)O2)[C@H](C)[C@@H](O[C@@H]2O[C@H](C)C[C@H](N(C)C)[C@H]2O)[C@](C)(O)C[C@@H](C)CN(C)[C@H](C)[C@H](O)[C@]1(C)O. The predicted molar refractivity (Wildman–Crippen MR) is 286 cm³/mol. The van der Waals surface area contributed by atoms with E-state index in [-0.39, 0.29) is 62.7 Å². The van der Waals surface area contributed by atoms with Gasteiger partial charge in [0.25, 0.3) is 0 Å². The van der Waals surface area contributed by atoms with Crippen LogP contribution in [0, 0.1) is 23.7 Å². The number of hydrogen-bond acceptors (Lipinski definition) is 17. The Bertz CT molecular complexity index is 2340. The van der Waals surface area contributed by atoms with Crippen LogP contribution in [-0.2, 0) is 49.2 Å². The number of carbonyl (C=O) groups excluding carboxylic acids is 1. The van der Waals surface area contributed by atoms with E-state index in [9.17, 15) is 39.9 Å². The second kappa shape index (κ2) is 25.8. The highest BCUT2D eigenvalue weighted by Gasteiger charge is 2.53. The van der Waals surface area contributed by atoms with Gasteiger partial charge in [0.1, 0.15) is 35.6 Å². The van der Waals surface area contributed by atoms with Crippen molar-refractivity contribution in [3.05, 3.63) is 51.8 Å². The quantitative estimate of drug-likeness (QED) is 0.103. The largest absolute Gasteiger partial charge is 0.477 e. The molecule has 3 saturated heterocycles. The average Bonchev–Trinajstić information content (AvgIpc) is 4.19. The van der Waals surface area contributed by atoms with Crippen molar-refractivity contribution >= 4 is 28.9 Å². The van der Waals surface area contributed by atoms with Gasteiger partial charge in [-0.1, -0.05) is 39.0 Å². The third-order valence-corrected chi connectivity index (χ3v) is 16.7. The molecule has 0 radical (unpaired) electrons. The van der Waals surface area contributed by atoms with Gasteiger partial charge in [0.2, 0.25) is 5.43 Å². The van der Waals surface area contributed by atoms with Crippen molar-refractivity contribution in [2.75, 3.05) is 54.6 Å². The van der Waals surface area contributed by atoms with Crippen LogP contribution in [0.3, 0.4) is 0 Å². The molecule has 4 fully saturated rings. The summed E-state index contributed by atoms with van der Waals surface area (Å²) >= 11 is 0. The summed E-state index contributed by atoms with van der Waals surface area (Å²) in [6, 6.07) is 4.58. The average molecular weight is 1070 g/mol. The van der Waals surface area contributed by atoms with Gasteiger partial charge in [-0.05, 0) is 131 Å². The lowest BCUT2D eigenvalue weighted by Gasteiger charge is -2.49. The summed E-state index contributed by atoms with van der Waals surface area (Å²) in [6.07, 6.45) is -0.881. The fourth-order valence-corrected chi connectivity index (χ4v) is 12.0. The van der Waals surface area contributed by atoms with Gasteiger partial charge in [-0.25, -0.2) is 4.79 Å². The van der Waals surface area contributed by atoms with E-state index < -0.39 is 107 Å². The highest BCUT2D eigenvalue weighted by atomic mass is 16.7. The van der Waals surface area contributed by atoms with Crippen molar-refractivity contribution in [1.82, 2.24) is 14.4 Å². The minimum atomic E-state index is -1.84. The molecule has 18 atom stereocenters. The van der Waals surface area contributed by atoms with Crippen molar-refractivity contribution in [3.8, 4) is 0 Å². The van der Waals surface area contributed by atoms with Gasteiger partial charge in [0.15, 0.2) is 12.6 Å². The molecule has 3 aliphatic heterocycles. The first-order valence-corrected chi connectivity index (χ1v) is 27.4. The van der Waals surface area contributed by atoms with Crippen LogP contribution >= 0.6 is 0 Å². The number of carboxylic acids is 1. The molecular weight excluding hydrogens is 983 g/mol. The maximum absolute atomic E-state index is 14.6. The molecule has 19 nitrogen and oxygen atoms in total. The van der Waals surface area contributed by atoms with E-state index in [2.05, 4.69) is 0 Å². The molecule has 0 amide bonds. The van der Waals surface area contributed by atoms with Crippen molar-refractivity contribution in [1.29, 1.82) is 0 Å². The van der Waals surface area contributed by atoms with Crippen LogP contribution in [0.2, 0.25) is 0 Å². The third-order valence-electron chi connectivity index (χ3n) is 16.7. The van der Waals surface area contributed by atoms with E-state index in [0.717, 1.165) is 18.4 Å². The molecule has 1 unspecified atom stereocenters. The lowest BCUT2D eigenvalue weighted by molar-refractivity contribution is -0.321. The Labute approximate surface area is 449 Å². The summed E-state index contributed by atoms with van der Waals surface area (Å²) in [6.45, 7) is 19.6. The maximum Gasteiger partial charge on any atom is 0.341 e. The normalized spacial score (nSPS) is 38.8. The Hall–Kier alpha value is -3.41. The molecule has 1 aromatic heterocycles. The number of esters is 1. The zero-order valence-corrected chi connectivity index (χ0v) is 47.5. The molecule has 5 N–H and O–H groups in total. The van der Waals surface area contributed by atoms with Gasteiger partial charge >= 0.3 is 11.9 Å². The number of fused-ring (bicyclic) bond motifs is 1. The van der Waals surface area contributed by atoms with E-state index in [1.807, 2.05) is 94.4 Å². The first-order chi connectivity index (χ1) is 35.6. The minimum absolute atomic E-state index is 0.159. The summed E-state index contributed by atoms with van der Waals surface area (Å²) in [5, 5.41) is 58.2. The summed E-state index contributed by atoms with van der Waals surface area (Å²) < 4.78 is 53.2. The van der Waals surface area contributed by atoms with Crippen LogP contribution in [-0.4, -0.2) is 197 Å². The Kier molecular flexibility index (Phi) is 21.0. The van der Waals surface area contributed by atoms with Crippen molar-refractivity contribution in [3.63, 3.8) is 0 Å². The number of aromatic carboxylic acids is 1. The van der Waals surface area contributed by atoms with E-state index >= 15 is 0 Å². The second-order valence-corrected chi connectivity index (χ2v) is 23.5. The number of aliphatic hydroxyl groups excluding tert-OH is 2. The molecule has 19 heteroatoms. The highest BCUT2D eigenvalue weighted by molar-refractivity contribution is 5.93. The monoisotopic (exact) mass is 1070 g/mol. The van der Waals surface area contributed by atoms with Gasteiger partial charge in [-0.15, -0.1) is 0 Å².